The number of ketones is 1. The molecule has 0 aromatic carbocycles. The Labute approximate surface area is 227 Å². The molecule has 4 heterocycles. The molecule has 2 aliphatic heterocycles. The Morgan fingerprint density at radius 2 is 1.85 bits per heavy atom. The van der Waals surface area contributed by atoms with Gasteiger partial charge in [-0.1, -0.05) is 12.7 Å². The molecular weight excluding hydrogens is 524 g/mol. The topological polar surface area (TPSA) is 125 Å². The van der Waals surface area contributed by atoms with Gasteiger partial charge >= 0.3 is 5.69 Å². The second-order valence-electron chi connectivity index (χ2n) is 9.48. The first-order valence-corrected chi connectivity index (χ1v) is 12.4. The van der Waals surface area contributed by atoms with Gasteiger partial charge in [-0.25, -0.2) is 33.2 Å². The first-order valence-electron chi connectivity index (χ1n) is 12.4. The SMILES string of the molecule is C=CC(=O)N1CCN(c2nc(=O)n(-c3c(C)ncnc3C)c3c2C=C(F)/C(=C2/C(=O)C=CC=C2F)N3O)[C@@H](C)C1. The van der Waals surface area contributed by atoms with E-state index in [0.717, 1.165) is 22.8 Å². The molecule has 2 aromatic rings. The van der Waals surface area contributed by atoms with Crippen molar-refractivity contribution in [2.45, 2.75) is 26.8 Å². The van der Waals surface area contributed by atoms with Crippen molar-refractivity contribution in [1.29, 1.82) is 0 Å². The number of allylic oxidation sites excluding steroid dienone is 6. The zero-order chi connectivity index (χ0) is 28.9. The first-order chi connectivity index (χ1) is 19.0. The van der Waals surface area contributed by atoms with Crippen LogP contribution in [-0.4, -0.2) is 67.0 Å². The number of fused-ring (bicyclic) bond motifs is 1. The predicted octanol–water partition coefficient (Wildman–Crippen LogP) is 2.63. The third-order valence-electron chi connectivity index (χ3n) is 7.01. The number of rotatable bonds is 3. The molecule has 11 nitrogen and oxygen atoms in total. The Bertz CT molecular complexity index is 1640. The molecule has 40 heavy (non-hydrogen) atoms. The van der Waals surface area contributed by atoms with Crippen molar-refractivity contribution in [2.75, 3.05) is 29.6 Å². The van der Waals surface area contributed by atoms with E-state index in [9.17, 15) is 24.0 Å². The lowest BCUT2D eigenvalue weighted by Crippen LogP contribution is -2.54. The Morgan fingerprint density at radius 1 is 1.15 bits per heavy atom. The van der Waals surface area contributed by atoms with Crippen LogP contribution in [0.1, 0.15) is 23.9 Å². The van der Waals surface area contributed by atoms with E-state index in [-0.39, 0.29) is 54.5 Å². The fourth-order valence-electron chi connectivity index (χ4n) is 5.14. The van der Waals surface area contributed by atoms with E-state index in [1.807, 2.05) is 6.92 Å². The fraction of sp³-hybridized carbons (Fsp3) is 0.259. The lowest BCUT2D eigenvalue weighted by Gasteiger charge is -2.41. The van der Waals surface area contributed by atoms with Gasteiger partial charge in [0, 0.05) is 25.7 Å². The average molecular weight is 550 g/mol. The Morgan fingerprint density at radius 3 is 2.48 bits per heavy atom. The molecule has 206 valence electrons. The maximum Gasteiger partial charge on any atom is 0.355 e. The standard InChI is InChI=1S/C27H25F2N7O4/c1-5-21(38)33-9-10-34(14(2)12-33)25-17-11-19(29)24(22-18(28)7-6-8-20(22)37)36(40)26(17)35(27(39)32-25)23-15(3)30-13-31-16(23)4/h5-8,11,13-14,40H,1,9-10,12H2,2-4H3/b24-22-/t14-/m0/s1. The van der Waals surface area contributed by atoms with E-state index >= 15 is 4.39 Å². The van der Waals surface area contributed by atoms with Crippen LogP contribution in [0.5, 0.6) is 0 Å². The van der Waals surface area contributed by atoms with Gasteiger partial charge in [-0.15, -0.1) is 0 Å². The molecule has 0 radical (unpaired) electrons. The average Bonchev–Trinajstić information content (AvgIpc) is 2.90. The van der Waals surface area contributed by atoms with E-state index in [2.05, 4.69) is 21.5 Å². The largest absolute Gasteiger partial charge is 0.355 e. The summed E-state index contributed by atoms with van der Waals surface area (Å²) in [5, 5.41) is 11.8. The molecular formula is C27H25F2N7O4. The lowest BCUT2D eigenvalue weighted by atomic mass is 9.98. The fourth-order valence-corrected chi connectivity index (χ4v) is 5.14. The number of amides is 1. The van der Waals surface area contributed by atoms with Crippen LogP contribution in [0.4, 0.5) is 20.4 Å². The Kier molecular flexibility index (Phi) is 6.75. The van der Waals surface area contributed by atoms with Crippen molar-refractivity contribution in [3.05, 3.63) is 87.6 Å². The summed E-state index contributed by atoms with van der Waals surface area (Å²) < 4.78 is 31.6. The highest BCUT2D eigenvalue weighted by Gasteiger charge is 2.38. The number of piperazine rings is 1. The van der Waals surface area contributed by atoms with Gasteiger partial charge in [0.25, 0.3) is 0 Å². The Hall–Kier alpha value is -4.78. The smallest absolute Gasteiger partial charge is 0.350 e. The Balaban J connectivity index is 1.79. The number of hydroxylamine groups is 1. The molecule has 1 amide bonds. The highest BCUT2D eigenvalue weighted by Crippen LogP contribution is 2.42. The molecule has 0 unspecified atom stereocenters. The molecule has 2 aromatic heterocycles. The molecule has 0 bridgehead atoms. The van der Waals surface area contributed by atoms with Crippen LogP contribution in [-0.2, 0) is 9.59 Å². The molecule has 0 saturated carbocycles. The summed E-state index contributed by atoms with van der Waals surface area (Å²) in [6, 6.07) is -0.359. The van der Waals surface area contributed by atoms with Gasteiger partial charge in [-0.05, 0) is 45.1 Å². The van der Waals surface area contributed by atoms with Crippen molar-refractivity contribution >= 4 is 29.4 Å². The summed E-state index contributed by atoms with van der Waals surface area (Å²) in [5.41, 5.74) is -1.41. The van der Waals surface area contributed by atoms with Crippen LogP contribution in [0.25, 0.3) is 11.8 Å². The summed E-state index contributed by atoms with van der Waals surface area (Å²) in [7, 11) is 0. The van der Waals surface area contributed by atoms with Crippen molar-refractivity contribution in [1.82, 2.24) is 24.4 Å². The van der Waals surface area contributed by atoms with E-state index < -0.39 is 34.4 Å². The lowest BCUT2D eigenvalue weighted by molar-refractivity contribution is -0.126. The number of halogens is 2. The summed E-state index contributed by atoms with van der Waals surface area (Å²) in [4.78, 5) is 54.3. The third kappa shape index (κ3) is 4.24. The van der Waals surface area contributed by atoms with Crippen LogP contribution in [0.15, 0.2) is 64.9 Å². The molecule has 13 heteroatoms. The van der Waals surface area contributed by atoms with Gasteiger partial charge in [0.15, 0.2) is 17.4 Å². The van der Waals surface area contributed by atoms with Gasteiger partial charge in [-0.2, -0.15) is 4.98 Å². The highest BCUT2D eigenvalue weighted by atomic mass is 19.1. The normalized spacial score (nSPS) is 20.8. The number of nitrogens with zero attached hydrogens (tertiary/aromatic N) is 7. The molecule has 3 aliphatic rings. The number of hydrogen-bond acceptors (Lipinski definition) is 9. The van der Waals surface area contributed by atoms with Crippen molar-refractivity contribution in [3.63, 3.8) is 0 Å². The van der Waals surface area contributed by atoms with Gasteiger partial charge in [0.05, 0.1) is 28.2 Å². The van der Waals surface area contributed by atoms with Crippen LogP contribution in [0.3, 0.4) is 0 Å². The van der Waals surface area contributed by atoms with E-state index in [4.69, 9.17) is 0 Å². The minimum absolute atomic E-state index is 0.00476. The predicted molar refractivity (Wildman–Crippen MR) is 142 cm³/mol. The van der Waals surface area contributed by atoms with Crippen LogP contribution >= 0.6 is 0 Å². The summed E-state index contributed by atoms with van der Waals surface area (Å²) in [6.07, 6.45) is 6.70. The monoisotopic (exact) mass is 549 g/mol. The molecule has 0 spiro atoms. The summed E-state index contributed by atoms with van der Waals surface area (Å²) in [5.74, 6) is -3.51. The van der Waals surface area contributed by atoms with Crippen LogP contribution < -0.4 is 15.7 Å². The molecule has 1 atom stereocenters. The second kappa shape index (κ2) is 10.1. The third-order valence-corrected chi connectivity index (χ3v) is 7.01. The highest BCUT2D eigenvalue weighted by molar-refractivity contribution is 6.10. The van der Waals surface area contributed by atoms with Gasteiger partial charge < -0.3 is 9.80 Å². The maximum absolute atomic E-state index is 15.8. The summed E-state index contributed by atoms with van der Waals surface area (Å²) >= 11 is 0. The van der Waals surface area contributed by atoms with E-state index in [1.165, 1.54) is 18.5 Å². The molecule has 1 fully saturated rings. The number of hydrogen-bond donors (Lipinski definition) is 1. The molecule has 1 N–H and O–H groups in total. The number of carbonyl (C=O) groups is 2. The number of aromatic nitrogens is 4. The van der Waals surface area contributed by atoms with Gasteiger partial charge in [0.1, 0.15) is 23.7 Å². The molecule has 1 aliphatic carbocycles. The van der Waals surface area contributed by atoms with E-state index in [0.29, 0.717) is 16.5 Å². The quantitative estimate of drug-likeness (QED) is 0.576. The first kappa shape index (κ1) is 26.8. The summed E-state index contributed by atoms with van der Waals surface area (Å²) in [6.45, 7) is 9.35. The molecule has 5 rings (SSSR count). The molecule has 1 saturated heterocycles. The maximum atomic E-state index is 15.8. The minimum atomic E-state index is -1.11. The van der Waals surface area contributed by atoms with Crippen LogP contribution in [0.2, 0.25) is 0 Å². The van der Waals surface area contributed by atoms with E-state index in [1.54, 1.807) is 23.6 Å². The number of anilines is 2. The zero-order valence-electron chi connectivity index (χ0n) is 21.9. The number of aryl methyl sites for hydroxylation is 2. The number of carbonyl (C=O) groups excluding carboxylic acids is 2. The van der Waals surface area contributed by atoms with Crippen molar-refractivity contribution in [3.8, 4) is 5.69 Å². The van der Waals surface area contributed by atoms with Gasteiger partial charge in [-0.3, -0.25) is 14.8 Å². The van der Waals surface area contributed by atoms with Crippen molar-refractivity contribution in [2.24, 2.45) is 0 Å². The zero-order valence-corrected chi connectivity index (χ0v) is 21.9. The minimum Gasteiger partial charge on any atom is -0.350 e. The second-order valence-corrected chi connectivity index (χ2v) is 9.48. The van der Waals surface area contributed by atoms with Crippen LogP contribution in [0, 0.1) is 13.8 Å². The van der Waals surface area contributed by atoms with Gasteiger partial charge in [0.2, 0.25) is 5.91 Å². The van der Waals surface area contributed by atoms with Crippen molar-refractivity contribution < 1.29 is 23.6 Å².